The van der Waals surface area contributed by atoms with Gasteiger partial charge in [-0.05, 0) is 48.9 Å². The summed E-state index contributed by atoms with van der Waals surface area (Å²) < 4.78 is 10.4. The lowest BCUT2D eigenvalue weighted by atomic mass is 10.1. The molecule has 1 atom stereocenters. The third-order valence-corrected chi connectivity index (χ3v) is 4.22. The van der Waals surface area contributed by atoms with Crippen molar-refractivity contribution in [3.8, 4) is 0 Å². The Morgan fingerprint density at radius 1 is 0.931 bits per heavy atom. The molecule has 29 heavy (non-hydrogen) atoms. The monoisotopic (exact) mass is 393 g/mol. The molecule has 150 valence electrons. The molecule has 0 spiro atoms. The molecule has 7 heteroatoms. The summed E-state index contributed by atoms with van der Waals surface area (Å²) in [5.41, 5.74) is 2.26. The predicted octanol–water partition coefficient (Wildman–Crippen LogP) is 4.56. The molecular formula is C22H23N3O4. The second kappa shape index (κ2) is 9.57. The molecule has 0 saturated carbocycles. The van der Waals surface area contributed by atoms with Crippen LogP contribution in [0.5, 0.6) is 0 Å². The van der Waals surface area contributed by atoms with Crippen LogP contribution in [0.25, 0.3) is 0 Å². The Morgan fingerprint density at radius 3 is 2.24 bits per heavy atom. The van der Waals surface area contributed by atoms with E-state index in [1.54, 1.807) is 31.4 Å². The van der Waals surface area contributed by atoms with Gasteiger partial charge in [0.2, 0.25) is 0 Å². The van der Waals surface area contributed by atoms with E-state index in [0.717, 1.165) is 5.56 Å². The number of para-hydroxylation sites is 1. The van der Waals surface area contributed by atoms with E-state index in [9.17, 15) is 9.59 Å². The molecule has 0 bridgehead atoms. The molecule has 0 saturated heterocycles. The van der Waals surface area contributed by atoms with Gasteiger partial charge in [0.1, 0.15) is 12.4 Å². The van der Waals surface area contributed by atoms with E-state index in [0.29, 0.717) is 23.7 Å². The van der Waals surface area contributed by atoms with Crippen molar-refractivity contribution in [1.29, 1.82) is 0 Å². The number of carbonyl (C=O) groups excluding carboxylic acids is 2. The average Bonchev–Trinajstić information content (AvgIpc) is 3.18. The van der Waals surface area contributed by atoms with E-state index in [1.807, 2.05) is 49.4 Å². The number of benzene rings is 2. The molecule has 1 unspecified atom stereocenters. The summed E-state index contributed by atoms with van der Waals surface area (Å²) in [4.78, 5) is 24.4. The van der Waals surface area contributed by atoms with Gasteiger partial charge in [0.05, 0.1) is 6.04 Å². The van der Waals surface area contributed by atoms with E-state index < -0.39 is 0 Å². The maximum absolute atomic E-state index is 12.3. The third-order valence-electron chi connectivity index (χ3n) is 4.22. The van der Waals surface area contributed by atoms with Crippen LogP contribution in [0.15, 0.2) is 71.1 Å². The number of anilines is 2. The zero-order valence-corrected chi connectivity index (χ0v) is 16.3. The smallest absolute Gasteiger partial charge is 0.323 e. The first kappa shape index (κ1) is 20.2. The fourth-order valence-corrected chi connectivity index (χ4v) is 2.74. The summed E-state index contributed by atoms with van der Waals surface area (Å²) >= 11 is 0. The van der Waals surface area contributed by atoms with Crippen molar-refractivity contribution in [2.45, 2.75) is 19.6 Å². The number of urea groups is 1. The Hall–Kier alpha value is -3.58. The molecule has 7 nitrogen and oxygen atoms in total. The van der Waals surface area contributed by atoms with Gasteiger partial charge in [-0.15, -0.1) is 0 Å². The van der Waals surface area contributed by atoms with E-state index in [4.69, 9.17) is 9.15 Å². The Bertz CT molecular complexity index is 952. The van der Waals surface area contributed by atoms with Crippen LogP contribution in [0.1, 0.15) is 34.8 Å². The largest absolute Gasteiger partial charge is 0.453 e. The van der Waals surface area contributed by atoms with Gasteiger partial charge in [-0.2, -0.15) is 0 Å². The van der Waals surface area contributed by atoms with E-state index in [2.05, 4.69) is 16.0 Å². The topological polar surface area (TPSA) is 92.6 Å². The molecule has 0 aliphatic carbocycles. The van der Waals surface area contributed by atoms with Crippen LogP contribution in [0.3, 0.4) is 0 Å². The van der Waals surface area contributed by atoms with Gasteiger partial charge in [-0.1, -0.05) is 30.3 Å². The highest BCUT2D eigenvalue weighted by Gasteiger charge is 2.15. The van der Waals surface area contributed by atoms with Crippen LogP contribution in [0.4, 0.5) is 16.2 Å². The lowest BCUT2D eigenvalue weighted by molar-refractivity contribution is 0.0903. The summed E-state index contributed by atoms with van der Waals surface area (Å²) in [5, 5.41) is 8.42. The third kappa shape index (κ3) is 5.70. The zero-order valence-electron chi connectivity index (χ0n) is 16.3. The number of rotatable bonds is 7. The number of carbonyl (C=O) groups is 2. The normalized spacial score (nSPS) is 11.5. The van der Waals surface area contributed by atoms with Crippen molar-refractivity contribution in [2.24, 2.45) is 0 Å². The Balaban J connectivity index is 1.54. The Labute approximate surface area is 169 Å². The van der Waals surface area contributed by atoms with Gasteiger partial charge in [-0.25, -0.2) is 4.79 Å². The summed E-state index contributed by atoms with van der Waals surface area (Å²) in [7, 11) is 1.56. The predicted molar refractivity (Wildman–Crippen MR) is 111 cm³/mol. The molecule has 0 aliphatic rings. The van der Waals surface area contributed by atoms with Crippen LogP contribution < -0.4 is 16.0 Å². The summed E-state index contributed by atoms with van der Waals surface area (Å²) in [6.07, 6.45) is 0. The lowest BCUT2D eigenvalue weighted by Gasteiger charge is -2.14. The summed E-state index contributed by atoms with van der Waals surface area (Å²) in [6.45, 7) is 2.19. The molecule has 0 aliphatic heterocycles. The molecule has 2 aromatic carbocycles. The molecular weight excluding hydrogens is 370 g/mol. The number of hydrogen-bond donors (Lipinski definition) is 3. The minimum absolute atomic E-state index is 0.231. The van der Waals surface area contributed by atoms with Crippen molar-refractivity contribution >= 4 is 23.3 Å². The van der Waals surface area contributed by atoms with E-state index >= 15 is 0 Å². The quantitative estimate of drug-likeness (QED) is 0.549. The fraction of sp³-hybridized carbons (Fsp3) is 0.182. The lowest BCUT2D eigenvalue weighted by Crippen LogP contribution is -2.26. The Morgan fingerprint density at radius 2 is 1.59 bits per heavy atom. The maximum atomic E-state index is 12.3. The average molecular weight is 393 g/mol. The number of ether oxygens (including phenoxy) is 1. The van der Waals surface area contributed by atoms with Gasteiger partial charge in [-0.3, -0.25) is 4.79 Å². The number of nitrogens with one attached hydrogen (secondary N) is 3. The first-order chi connectivity index (χ1) is 14.0. The zero-order chi connectivity index (χ0) is 20.6. The minimum Gasteiger partial charge on any atom is -0.453 e. The summed E-state index contributed by atoms with van der Waals surface area (Å²) in [5.74, 6) is 0.526. The van der Waals surface area contributed by atoms with Crippen LogP contribution in [0.2, 0.25) is 0 Å². The van der Waals surface area contributed by atoms with Gasteiger partial charge in [0, 0.05) is 18.5 Å². The van der Waals surface area contributed by atoms with E-state index in [1.165, 1.54) is 0 Å². The molecule has 3 rings (SSSR count). The van der Waals surface area contributed by atoms with Gasteiger partial charge in [0.15, 0.2) is 5.76 Å². The van der Waals surface area contributed by atoms with E-state index in [-0.39, 0.29) is 23.7 Å². The second-order valence-electron chi connectivity index (χ2n) is 6.46. The second-order valence-corrected chi connectivity index (χ2v) is 6.46. The molecule has 3 amide bonds. The molecule has 1 heterocycles. The van der Waals surface area contributed by atoms with Gasteiger partial charge in [0.25, 0.3) is 5.91 Å². The van der Waals surface area contributed by atoms with Crippen LogP contribution in [-0.2, 0) is 11.3 Å². The summed E-state index contributed by atoms with van der Waals surface area (Å²) in [6, 6.07) is 19.2. The van der Waals surface area contributed by atoms with Crippen molar-refractivity contribution < 1.29 is 18.7 Å². The number of amides is 3. The van der Waals surface area contributed by atoms with Crippen molar-refractivity contribution in [2.75, 3.05) is 17.7 Å². The molecule has 3 aromatic rings. The molecule has 3 N–H and O–H groups in total. The highest BCUT2D eigenvalue weighted by Crippen LogP contribution is 2.18. The van der Waals surface area contributed by atoms with Crippen LogP contribution in [0, 0.1) is 0 Å². The van der Waals surface area contributed by atoms with Crippen LogP contribution >= 0.6 is 0 Å². The first-order valence-electron chi connectivity index (χ1n) is 9.16. The highest BCUT2D eigenvalue weighted by atomic mass is 16.5. The minimum atomic E-state index is -0.324. The molecule has 1 aromatic heterocycles. The molecule has 0 fully saturated rings. The molecule has 0 radical (unpaired) electrons. The fourth-order valence-electron chi connectivity index (χ4n) is 2.74. The Kier molecular flexibility index (Phi) is 6.65. The highest BCUT2D eigenvalue weighted by molar-refractivity contribution is 5.99. The van der Waals surface area contributed by atoms with Gasteiger partial charge < -0.3 is 25.1 Å². The first-order valence-corrected chi connectivity index (χ1v) is 9.16. The number of furan rings is 1. The van der Waals surface area contributed by atoms with Crippen LogP contribution in [-0.4, -0.2) is 19.0 Å². The standard InChI is InChI=1S/C22H23N3O4/c1-15(23-21(26)20-13-12-19(29-20)14-28-2)16-8-10-18(11-9-16)25-22(27)24-17-6-4-3-5-7-17/h3-13,15H,14H2,1-2H3,(H,23,26)(H2,24,25,27). The number of methoxy groups -OCH3 is 1. The van der Waals surface area contributed by atoms with Crippen molar-refractivity contribution in [3.05, 3.63) is 83.8 Å². The maximum Gasteiger partial charge on any atom is 0.323 e. The SMILES string of the molecule is COCc1ccc(C(=O)NC(C)c2ccc(NC(=O)Nc3ccccc3)cc2)o1. The number of hydrogen-bond acceptors (Lipinski definition) is 4. The van der Waals surface area contributed by atoms with Crippen molar-refractivity contribution in [1.82, 2.24) is 5.32 Å². The van der Waals surface area contributed by atoms with Gasteiger partial charge >= 0.3 is 6.03 Å². The van der Waals surface area contributed by atoms with Crippen molar-refractivity contribution in [3.63, 3.8) is 0 Å².